The number of hydrogen-bond donors (Lipinski definition) is 1. The first-order valence-corrected chi connectivity index (χ1v) is 28.6. The number of nitrogens with one attached hydrogen (secondary N) is 1. The van der Waals surface area contributed by atoms with Gasteiger partial charge in [0.25, 0.3) is 5.90 Å². The van der Waals surface area contributed by atoms with Crippen molar-refractivity contribution in [3.05, 3.63) is 246 Å². The summed E-state index contributed by atoms with van der Waals surface area (Å²) in [6, 6.07) is 61.8. The molecule has 85 heavy (non-hydrogen) atoms. The summed E-state index contributed by atoms with van der Waals surface area (Å²) < 4.78 is 118. The van der Waals surface area contributed by atoms with Crippen molar-refractivity contribution in [1.82, 2.24) is 5.32 Å². The zero-order valence-corrected chi connectivity index (χ0v) is 48.2. The van der Waals surface area contributed by atoms with Gasteiger partial charge in [0.15, 0.2) is 12.4 Å². The molecule has 1 unspecified atom stereocenters. The predicted molar refractivity (Wildman–Crippen MR) is 314 cm³/mol. The maximum absolute atomic E-state index is 15.7. The minimum Gasteiger partial charge on any atom is -0.445 e. The van der Waals surface area contributed by atoms with Gasteiger partial charge in [-0.15, -0.1) is 0 Å². The van der Waals surface area contributed by atoms with Crippen LogP contribution in [0.2, 0.25) is 0 Å². The summed E-state index contributed by atoms with van der Waals surface area (Å²) in [6.07, 6.45) is -19.1. The highest BCUT2D eigenvalue weighted by Gasteiger charge is 2.56. The third-order valence-corrected chi connectivity index (χ3v) is 13.9. The second-order valence-electron chi connectivity index (χ2n) is 20.0. The summed E-state index contributed by atoms with van der Waals surface area (Å²) in [4.78, 5) is 18.2. The van der Waals surface area contributed by atoms with Crippen LogP contribution in [0.25, 0.3) is 0 Å². The average Bonchev–Trinajstić information content (AvgIpc) is 1.77. The monoisotopic (exact) mass is 1230 g/mol. The normalized spacial score (nSPS) is 22.8. The summed E-state index contributed by atoms with van der Waals surface area (Å²) in [5.41, 5.74) is 4.57. The lowest BCUT2D eigenvalue weighted by atomic mass is 9.94. The molecule has 7 aromatic rings. The quantitative estimate of drug-likeness (QED) is 0.0313. The standard InChI is InChI=1S/C65H64Cl3F3N2O12/c66-64(67,68)44-81-63(74)73-54-57(79-40-49-30-16-5-17-31-49)55(77-38-47-26-12-3-13-27-47)52(42-75-36-45-22-8-1-9-23-45)82-60(54)84-59-58(80-41-50-32-18-6-19-33-50)56(78-39-48-28-14-4-15-29-48)53(43-76-37-46-24-10-2-11-25-46)83-61(59)85-62(65(69,70)71)72-51-34-20-7-21-35-51/h1-35,52-61H,36-44H2,(H,73,74)/t52-,53-,54-,55-,56-,57-,58+,59+,60+,61?/m1/s1. The van der Waals surface area contributed by atoms with Crippen molar-refractivity contribution in [3.63, 3.8) is 0 Å². The summed E-state index contributed by atoms with van der Waals surface area (Å²) in [7, 11) is 0. The molecule has 9 rings (SSSR count). The number of alkyl carbamates (subject to hydrolysis) is 1. The highest BCUT2D eigenvalue weighted by atomic mass is 35.6. The molecule has 1 N–H and O–H groups in total. The lowest BCUT2D eigenvalue weighted by Gasteiger charge is -2.50. The molecule has 0 aromatic heterocycles. The SMILES string of the molecule is O=C(N[C@H]1[C@H](O[C@@H]2C(OC(=Nc3ccccc3)C(F)(F)F)O[C@H](COCc3ccccc3)[C@@H](OCc3ccccc3)[C@@H]2OCc2ccccc2)O[C@H](COCc2ccccc2)[C@@H](OCc2ccccc2)[C@@H]1OCc1ccccc1)OCC(Cl)(Cl)Cl. The molecule has 0 bridgehead atoms. The van der Waals surface area contributed by atoms with Gasteiger partial charge in [-0.3, -0.25) is 0 Å². The highest BCUT2D eigenvalue weighted by Crippen LogP contribution is 2.38. The minimum absolute atomic E-state index is 0.0213. The maximum atomic E-state index is 15.7. The zero-order chi connectivity index (χ0) is 59.3. The summed E-state index contributed by atoms with van der Waals surface area (Å²) in [5.74, 6) is -1.67. The van der Waals surface area contributed by atoms with Gasteiger partial charge in [0.2, 0.25) is 10.1 Å². The van der Waals surface area contributed by atoms with Gasteiger partial charge < -0.3 is 57.4 Å². The minimum atomic E-state index is -5.21. The van der Waals surface area contributed by atoms with E-state index in [1.54, 1.807) is 6.07 Å². The van der Waals surface area contributed by atoms with Gasteiger partial charge in [0, 0.05) is 0 Å². The largest absolute Gasteiger partial charge is 0.468 e. The fourth-order valence-corrected chi connectivity index (χ4v) is 9.68. The number of ether oxygens (including phenoxy) is 11. The molecule has 2 heterocycles. The lowest BCUT2D eigenvalue weighted by Crippen LogP contribution is -2.69. The van der Waals surface area contributed by atoms with Crippen molar-refractivity contribution < 1.29 is 70.1 Å². The van der Waals surface area contributed by atoms with Crippen LogP contribution in [-0.4, -0.2) is 103 Å². The third kappa shape index (κ3) is 19.8. The Morgan fingerprint density at radius 1 is 0.459 bits per heavy atom. The lowest BCUT2D eigenvalue weighted by molar-refractivity contribution is -0.361. The van der Waals surface area contributed by atoms with Gasteiger partial charge in [-0.1, -0.05) is 235 Å². The van der Waals surface area contributed by atoms with Crippen molar-refractivity contribution >= 4 is 52.5 Å². The van der Waals surface area contributed by atoms with Crippen LogP contribution in [0.3, 0.4) is 0 Å². The Kier molecular flexibility index (Phi) is 23.6. The fraction of sp³-hybridized carbons (Fsp3) is 0.323. The molecule has 10 atom stereocenters. The first-order valence-electron chi connectivity index (χ1n) is 27.5. The zero-order valence-electron chi connectivity index (χ0n) is 46.0. The molecule has 2 aliphatic heterocycles. The number of rotatable bonds is 26. The van der Waals surface area contributed by atoms with Crippen molar-refractivity contribution in [3.8, 4) is 0 Å². The molecule has 0 radical (unpaired) electrons. The van der Waals surface area contributed by atoms with Crippen LogP contribution < -0.4 is 5.32 Å². The van der Waals surface area contributed by atoms with Crippen molar-refractivity contribution in [2.45, 2.75) is 111 Å². The van der Waals surface area contributed by atoms with E-state index in [9.17, 15) is 4.79 Å². The Balaban J connectivity index is 1.18. The van der Waals surface area contributed by atoms with Crippen LogP contribution in [0.15, 0.2) is 217 Å². The van der Waals surface area contributed by atoms with Crippen LogP contribution in [0.4, 0.5) is 23.7 Å². The number of nitrogens with zero attached hydrogens (tertiary/aromatic N) is 1. The molecule has 1 amide bonds. The molecule has 448 valence electrons. The number of alkyl halides is 6. The predicted octanol–water partition coefficient (Wildman–Crippen LogP) is 13.4. The maximum Gasteiger partial charge on any atom is 0.468 e. The Labute approximate surface area is 506 Å². The number of aliphatic imine (C=N–C) groups is 1. The van der Waals surface area contributed by atoms with E-state index >= 15 is 13.2 Å². The summed E-state index contributed by atoms with van der Waals surface area (Å²) >= 11 is 18.3. The number of carbonyl (C=O) groups is 1. The van der Waals surface area contributed by atoms with Gasteiger partial charge in [-0.25, -0.2) is 9.79 Å². The molecule has 0 aliphatic carbocycles. The molecule has 0 saturated carbocycles. The first-order chi connectivity index (χ1) is 41.3. The van der Waals surface area contributed by atoms with Gasteiger partial charge in [0.1, 0.15) is 49.3 Å². The van der Waals surface area contributed by atoms with Crippen LogP contribution in [0.5, 0.6) is 0 Å². The van der Waals surface area contributed by atoms with Crippen LogP contribution in [0, 0.1) is 0 Å². The highest BCUT2D eigenvalue weighted by molar-refractivity contribution is 6.67. The molecule has 7 aromatic carbocycles. The number of hydrogen-bond acceptors (Lipinski definition) is 13. The molecule has 2 saturated heterocycles. The van der Waals surface area contributed by atoms with E-state index < -0.39 is 89.9 Å². The topological polar surface area (TPSA) is 143 Å². The third-order valence-electron chi connectivity index (χ3n) is 13.6. The molecular formula is C65H64Cl3F3N2O12. The van der Waals surface area contributed by atoms with Crippen LogP contribution in [-0.2, 0) is 91.7 Å². The van der Waals surface area contributed by atoms with E-state index in [1.165, 1.54) is 24.3 Å². The summed E-state index contributed by atoms with van der Waals surface area (Å²) in [6.45, 7) is -1.02. The number of para-hydroxylation sites is 1. The number of carbonyl (C=O) groups excluding carboxylic acids is 1. The van der Waals surface area contributed by atoms with Crippen LogP contribution in [0.1, 0.15) is 33.4 Å². The number of halogens is 6. The van der Waals surface area contributed by atoms with E-state index in [0.717, 1.165) is 27.8 Å². The second kappa shape index (κ2) is 31.8. The molecular weight excluding hydrogens is 1160 g/mol. The Morgan fingerprint density at radius 2 is 0.812 bits per heavy atom. The van der Waals surface area contributed by atoms with E-state index in [0.29, 0.717) is 5.56 Å². The first kappa shape index (κ1) is 63.1. The summed E-state index contributed by atoms with van der Waals surface area (Å²) in [5, 5.41) is 2.83. The Hall–Kier alpha value is -6.42. The Bertz CT molecular complexity index is 3080. The Morgan fingerprint density at radius 3 is 1.21 bits per heavy atom. The van der Waals surface area contributed by atoms with E-state index in [-0.39, 0.29) is 58.5 Å². The van der Waals surface area contributed by atoms with E-state index in [1.807, 2.05) is 182 Å². The molecule has 2 fully saturated rings. The van der Waals surface area contributed by atoms with E-state index in [4.69, 9.17) is 86.9 Å². The van der Waals surface area contributed by atoms with Gasteiger partial charge in [-0.2, -0.15) is 13.2 Å². The second-order valence-corrected chi connectivity index (χ2v) is 22.5. The molecule has 14 nitrogen and oxygen atoms in total. The fourth-order valence-electron chi connectivity index (χ4n) is 9.52. The molecule has 20 heteroatoms. The van der Waals surface area contributed by atoms with Crippen molar-refractivity contribution in [2.24, 2.45) is 4.99 Å². The van der Waals surface area contributed by atoms with Crippen molar-refractivity contribution in [1.29, 1.82) is 0 Å². The number of amides is 1. The number of benzene rings is 7. The van der Waals surface area contributed by atoms with Gasteiger partial charge in [-0.05, 0) is 45.5 Å². The van der Waals surface area contributed by atoms with E-state index in [2.05, 4.69) is 10.3 Å². The smallest absolute Gasteiger partial charge is 0.445 e. The van der Waals surface area contributed by atoms with Crippen molar-refractivity contribution in [2.75, 3.05) is 19.8 Å². The molecule has 0 spiro atoms. The molecule has 2 aliphatic rings. The average molecular weight is 1230 g/mol. The van der Waals surface area contributed by atoms with Gasteiger partial charge in [0.05, 0.1) is 58.5 Å². The van der Waals surface area contributed by atoms with Gasteiger partial charge >= 0.3 is 12.3 Å². The van der Waals surface area contributed by atoms with Crippen LogP contribution >= 0.6 is 34.8 Å².